The third-order valence-corrected chi connectivity index (χ3v) is 3.89. The number of aliphatic hydroxyl groups is 1. The molecular formula is C14H25NO3. The van der Waals surface area contributed by atoms with E-state index < -0.39 is 11.2 Å². The number of amides is 1. The Balaban J connectivity index is 1.89. The average molecular weight is 255 g/mol. The topological polar surface area (TPSA) is 58.6 Å². The summed E-state index contributed by atoms with van der Waals surface area (Å²) in [6.45, 7) is 5.57. The van der Waals surface area contributed by atoms with Crippen LogP contribution < -0.4 is 5.32 Å². The van der Waals surface area contributed by atoms with Crippen molar-refractivity contribution >= 4 is 6.09 Å². The maximum Gasteiger partial charge on any atom is 0.407 e. The van der Waals surface area contributed by atoms with E-state index in [1.807, 2.05) is 20.8 Å². The van der Waals surface area contributed by atoms with Gasteiger partial charge < -0.3 is 15.2 Å². The Morgan fingerprint density at radius 3 is 2.72 bits per heavy atom. The summed E-state index contributed by atoms with van der Waals surface area (Å²) in [4.78, 5) is 11.7. The van der Waals surface area contributed by atoms with Crippen molar-refractivity contribution in [3.05, 3.63) is 0 Å². The van der Waals surface area contributed by atoms with Crippen molar-refractivity contribution < 1.29 is 14.6 Å². The zero-order valence-corrected chi connectivity index (χ0v) is 11.7. The molecule has 0 aromatic rings. The van der Waals surface area contributed by atoms with Gasteiger partial charge in [-0.25, -0.2) is 4.79 Å². The molecule has 2 saturated carbocycles. The Morgan fingerprint density at radius 2 is 2.11 bits per heavy atom. The van der Waals surface area contributed by atoms with Gasteiger partial charge in [0.15, 0.2) is 0 Å². The highest BCUT2D eigenvalue weighted by Crippen LogP contribution is 2.42. The largest absolute Gasteiger partial charge is 0.444 e. The summed E-state index contributed by atoms with van der Waals surface area (Å²) in [5.74, 6) is 0.553. The van der Waals surface area contributed by atoms with E-state index in [1.54, 1.807) is 0 Å². The maximum absolute atomic E-state index is 11.7. The summed E-state index contributed by atoms with van der Waals surface area (Å²) < 4.78 is 5.26. The van der Waals surface area contributed by atoms with Crippen LogP contribution in [0.2, 0.25) is 0 Å². The molecule has 2 aliphatic rings. The average Bonchev–Trinajstić information content (AvgIpc) is 2.11. The van der Waals surface area contributed by atoms with Crippen LogP contribution in [0.1, 0.15) is 59.3 Å². The second-order valence-electron chi connectivity index (χ2n) is 6.97. The van der Waals surface area contributed by atoms with Gasteiger partial charge >= 0.3 is 6.09 Å². The maximum atomic E-state index is 11.7. The van der Waals surface area contributed by atoms with Crippen molar-refractivity contribution in [3.8, 4) is 0 Å². The first-order valence-corrected chi connectivity index (χ1v) is 6.98. The highest BCUT2D eigenvalue weighted by molar-refractivity contribution is 5.68. The van der Waals surface area contributed by atoms with Crippen molar-refractivity contribution in [2.45, 2.75) is 76.5 Å². The number of carbonyl (C=O) groups excluding carboxylic acids is 1. The smallest absolute Gasteiger partial charge is 0.407 e. The molecule has 0 radical (unpaired) electrons. The lowest BCUT2D eigenvalue weighted by Gasteiger charge is -2.45. The van der Waals surface area contributed by atoms with Crippen molar-refractivity contribution in [2.24, 2.45) is 5.92 Å². The van der Waals surface area contributed by atoms with Crippen molar-refractivity contribution in [3.63, 3.8) is 0 Å². The summed E-state index contributed by atoms with van der Waals surface area (Å²) in [6.07, 6.45) is 5.34. The fourth-order valence-electron chi connectivity index (χ4n) is 3.38. The van der Waals surface area contributed by atoms with Crippen LogP contribution in [0.3, 0.4) is 0 Å². The second kappa shape index (κ2) is 4.72. The van der Waals surface area contributed by atoms with Gasteiger partial charge in [0, 0.05) is 6.04 Å². The molecule has 4 nitrogen and oxygen atoms in total. The van der Waals surface area contributed by atoms with Crippen LogP contribution in [0.4, 0.5) is 4.79 Å². The first-order chi connectivity index (χ1) is 8.26. The lowest BCUT2D eigenvalue weighted by atomic mass is 9.67. The molecule has 2 N–H and O–H groups in total. The van der Waals surface area contributed by atoms with Crippen LogP contribution in [0.5, 0.6) is 0 Å². The van der Waals surface area contributed by atoms with Gasteiger partial charge in [0.1, 0.15) is 5.60 Å². The van der Waals surface area contributed by atoms with Gasteiger partial charge in [-0.1, -0.05) is 12.8 Å². The molecule has 0 heterocycles. The number of ether oxygens (including phenoxy) is 1. The zero-order chi connectivity index (χ0) is 13.4. The normalized spacial score (nSPS) is 36.0. The number of carbonyl (C=O) groups is 1. The number of nitrogens with one attached hydrogen (secondary N) is 1. The molecule has 0 unspecified atom stereocenters. The van der Waals surface area contributed by atoms with Crippen molar-refractivity contribution in [1.82, 2.24) is 5.32 Å². The van der Waals surface area contributed by atoms with Gasteiger partial charge in [-0.2, -0.15) is 0 Å². The molecule has 104 valence electrons. The number of fused-ring (bicyclic) bond motifs is 2. The van der Waals surface area contributed by atoms with E-state index in [-0.39, 0.29) is 12.1 Å². The molecule has 0 aromatic heterocycles. The molecule has 4 heteroatoms. The Kier molecular flexibility index (Phi) is 3.58. The van der Waals surface area contributed by atoms with Crippen molar-refractivity contribution in [1.29, 1.82) is 0 Å². The van der Waals surface area contributed by atoms with E-state index in [0.29, 0.717) is 12.3 Å². The van der Waals surface area contributed by atoms with E-state index >= 15 is 0 Å². The minimum absolute atomic E-state index is 0.0592. The summed E-state index contributed by atoms with van der Waals surface area (Å²) in [7, 11) is 0. The third-order valence-electron chi connectivity index (χ3n) is 3.89. The molecule has 0 aromatic carbocycles. The monoisotopic (exact) mass is 255 g/mol. The van der Waals surface area contributed by atoms with E-state index in [9.17, 15) is 9.90 Å². The molecule has 1 amide bonds. The standard InChI is InChI=1S/C14H25NO3/c1-13(2,3)18-12(16)15-11-7-10-5-4-6-14(17,8-10)9-11/h10-11,17H,4-9H2,1-3H3,(H,15,16)/t10-,11+,14+/m0/s1. The lowest BCUT2D eigenvalue weighted by molar-refractivity contribution is -0.0584. The summed E-state index contributed by atoms with van der Waals surface area (Å²) in [5, 5.41) is 13.3. The molecule has 18 heavy (non-hydrogen) atoms. The third kappa shape index (κ3) is 3.61. The van der Waals surface area contributed by atoms with E-state index in [2.05, 4.69) is 5.32 Å². The molecule has 0 spiro atoms. The van der Waals surface area contributed by atoms with E-state index in [1.165, 1.54) is 6.42 Å². The zero-order valence-electron chi connectivity index (χ0n) is 11.7. The molecule has 2 rings (SSSR count). The Morgan fingerprint density at radius 1 is 1.39 bits per heavy atom. The summed E-state index contributed by atoms with van der Waals surface area (Å²) in [6, 6.07) is 0.0592. The molecule has 3 atom stereocenters. The van der Waals surface area contributed by atoms with Crippen LogP contribution >= 0.6 is 0 Å². The van der Waals surface area contributed by atoms with Gasteiger partial charge in [-0.3, -0.25) is 0 Å². The Labute approximate surface area is 109 Å². The minimum Gasteiger partial charge on any atom is -0.444 e. The number of rotatable bonds is 1. The quantitative estimate of drug-likeness (QED) is 0.757. The van der Waals surface area contributed by atoms with Crippen LogP contribution in [0, 0.1) is 5.92 Å². The minimum atomic E-state index is -0.555. The van der Waals surface area contributed by atoms with Crippen LogP contribution in [-0.2, 0) is 4.74 Å². The molecule has 2 bridgehead atoms. The SMILES string of the molecule is CC(C)(C)OC(=O)N[C@@H]1C[C@@H]2CCC[C@@](O)(C2)C1. The molecule has 2 aliphatic carbocycles. The second-order valence-corrected chi connectivity index (χ2v) is 6.97. The number of hydrogen-bond donors (Lipinski definition) is 2. The Hall–Kier alpha value is -0.770. The predicted octanol–water partition coefficient (Wildman–Crippen LogP) is 2.59. The summed E-state index contributed by atoms with van der Waals surface area (Å²) >= 11 is 0. The van der Waals surface area contributed by atoms with Crippen LogP contribution in [0.25, 0.3) is 0 Å². The summed E-state index contributed by atoms with van der Waals surface area (Å²) in [5.41, 5.74) is -1.02. The van der Waals surface area contributed by atoms with Gasteiger partial charge in [0.2, 0.25) is 0 Å². The molecule has 0 aliphatic heterocycles. The van der Waals surface area contributed by atoms with E-state index in [4.69, 9.17) is 4.74 Å². The highest BCUT2D eigenvalue weighted by Gasteiger charge is 2.42. The van der Waals surface area contributed by atoms with E-state index in [0.717, 1.165) is 25.7 Å². The predicted molar refractivity (Wildman–Crippen MR) is 69.3 cm³/mol. The number of hydrogen-bond acceptors (Lipinski definition) is 3. The highest BCUT2D eigenvalue weighted by atomic mass is 16.6. The first-order valence-electron chi connectivity index (χ1n) is 6.98. The van der Waals surface area contributed by atoms with Gasteiger partial charge in [-0.05, 0) is 52.4 Å². The Bertz CT molecular complexity index is 323. The van der Waals surface area contributed by atoms with Crippen molar-refractivity contribution in [2.75, 3.05) is 0 Å². The molecular weight excluding hydrogens is 230 g/mol. The fourth-order valence-corrected chi connectivity index (χ4v) is 3.38. The van der Waals surface area contributed by atoms with Crippen LogP contribution in [-0.4, -0.2) is 28.4 Å². The molecule has 2 fully saturated rings. The number of alkyl carbamates (subject to hydrolysis) is 1. The van der Waals surface area contributed by atoms with Gasteiger partial charge in [0.05, 0.1) is 5.60 Å². The van der Waals surface area contributed by atoms with Crippen LogP contribution in [0.15, 0.2) is 0 Å². The fraction of sp³-hybridized carbons (Fsp3) is 0.929. The van der Waals surface area contributed by atoms with Gasteiger partial charge in [-0.15, -0.1) is 0 Å². The first kappa shape index (κ1) is 13.7. The lowest BCUT2D eigenvalue weighted by Crippen LogP contribution is -2.51. The van der Waals surface area contributed by atoms with Gasteiger partial charge in [0.25, 0.3) is 0 Å². The molecule has 0 saturated heterocycles.